The average molecular weight is 415 g/mol. The Bertz CT molecular complexity index is 1000. The minimum absolute atomic E-state index is 0.118. The smallest absolute Gasteiger partial charge is 0.355 e. The topological polar surface area (TPSA) is 45.3 Å². The maximum absolute atomic E-state index is 14.3. The molecule has 1 aromatic heterocycles. The predicted molar refractivity (Wildman–Crippen MR) is 113 cm³/mol. The standard InChI is InChI=1S/C23H24ClFN2O2/c1-2-29-23(28)22-17(16-6-3-4-9-20(16)26-22)14-27-12-10-15(11-13-27)21-18(24)7-5-8-19(21)25/h3-9,15,26H,2,10-14H2,1H3. The lowest BCUT2D eigenvalue weighted by Crippen LogP contribution is -2.33. The number of carbonyl (C=O) groups excluding carboxylic acids is 1. The third kappa shape index (κ3) is 4.02. The molecule has 1 aliphatic rings. The molecule has 6 heteroatoms. The molecule has 4 rings (SSSR count). The van der Waals surface area contributed by atoms with Crippen LogP contribution in [0.5, 0.6) is 0 Å². The highest BCUT2D eigenvalue weighted by Crippen LogP contribution is 2.35. The van der Waals surface area contributed by atoms with Crippen molar-refractivity contribution in [1.82, 2.24) is 9.88 Å². The fourth-order valence-corrected chi connectivity index (χ4v) is 4.56. The first-order valence-electron chi connectivity index (χ1n) is 10.0. The zero-order valence-corrected chi connectivity index (χ0v) is 17.1. The van der Waals surface area contributed by atoms with Gasteiger partial charge < -0.3 is 9.72 Å². The number of halogens is 2. The fraction of sp³-hybridized carbons (Fsp3) is 0.348. The second-order valence-electron chi connectivity index (χ2n) is 7.43. The molecule has 1 fully saturated rings. The molecule has 2 aromatic carbocycles. The van der Waals surface area contributed by atoms with E-state index in [1.807, 2.05) is 24.3 Å². The normalized spacial score (nSPS) is 15.7. The molecule has 152 valence electrons. The molecule has 1 N–H and O–H groups in total. The largest absolute Gasteiger partial charge is 0.461 e. The number of nitrogens with zero attached hydrogens (tertiary/aromatic N) is 1. The number of rotatable bonds is 5. The number of likely N-dealkylation sites (tertiary alicyclic amines) is 1. The summed E-state index contributed by atoms with van der Waals surface area (Å²) < 4.78 is 19.5. The van der Waals surface area contributed by atoms with Crippen molar-refractivity contribution in [1.29, 1.82) is 0 Å². The van der Waals surface area contributed by atoms with Gasteiger partial charge in [-0.3, -0.25) is 4.90 Å². The highest BCUT2D eigenvalue weighted by molar-refractivity contribution is 6.31. The van der Waals surface area contributed by atoms with Crippen LogP contribution < -0.4 is 0 Å². The number of aromatic amines is 1. The van der Waals surface area contributed by atoms with Gasteiger partial charge in [-0.25, -0.2) is 9.18 Å². The SMILES string of the molecule is CCOC(=O)c1[nH]c2ccccc2c1CN1CCC(c2c(F)cccc2Cl)CC1. The molecule has 29 heavy (non-hydrogen) atoms. The molecular weight excluding hydrogens is 391 g/mol. The maximum atomic E-state index is 14.3. The molecule has 0 saturated carbocycles. The number of esters is 1. The quantitative estimate of drug-likeness (QED) is 0.559. The molecule has 0 atom stereocenters. The lowest BCUT2D eigenvalue weighted by Gasteiger charge is -2.32. The number of hydrogen-bond donors (Lipinski definition) is 1. The second kappa shape index (κ2) is 8.56. The van der Waals surface area contributed by atoms with E-state index in [4.69, 9.17) is 16.3 Å². The zero-order valence-electron chi connectivity index (χ0n) is 16.4. The number of benzene rings is 2. The molecule has 3 aromatic rings. The summed E-state index contributed by atoms with van der Waals surface area (Å²) in [7, 11) is 0. The Balaban J connectivity index is 1.53. The van der Waals surface area contributed by atoms with Gasteiger partial charge in [-0.2, -0.15) is 0 Å². The van der Waals surface area contributed by atoms with Gasteiger partial charge in [-0.15, -0.1) is 0 Å². The first-order chi connectivity index (χ1) is 14.1. The molecule has 2 heterocycles. The highest BCUT2D eigenvalue weighted by atomic mass is 35.5. The minimum atomic E-state index is -0.327. The van der Waals surface area contributed by atoms with Crippen LogP contribution in [-0.4, -0.2) is 35.5 Å². The molecule has 0 unspecified atom stereocenters. The molecule has 1 aliphatic heterocycles. The zero-order chi connectivity index (χ0) is 20.4. The number of fused-ring (bicyclic) bond motifs is 1. The molecule has 0 bridgehead atoms. The molecule has 4 nitrogen and oxygen atoms in total. The number of piperidine rings is 1. The minimum Gasteiger partial charge on any atom is -0.461 e. The van der Waals surface area contributed by atoms with E-state index in [2.05, 4.69) is 9.88 Å². The number of hydrogen-bond acceptors (Lipinski definition) is 3. The number of carbonyl (C=O) groups is 1. The molecule has 0 aliphatic carbocycles. The highest BCUT2D eigenvalue weighted by Gasteiger charge is 2.27. The van der Waals surface area contributed by atoms with E-state index < -0.39 is 0 Å². The van der Waals surface area contributed by atoms with Crippen LogP contribution in [0, 0.1) is 5.82 Å². The summed E-state index contributed by atoms with van der Waals surface area (Å²) in [4.78, 5) is 18.0. The van der Waals surface area contributed by atoms with E-state index in [0.29, 0.717) is 29.4 Å². The van der Waals surface area contributed by atoms with Gasteiger partial charge in [-0.1, -0.05) is 35.9 Å². The summed E-state index contributed by atoms with van der Waals surface area (Å²) in [6.45, 7) is 4.42. The van der Waals surface area contributed by atoms with Gasteiger partial charge in [0.05, 0.1) is 6.61 Å². The van der Waals surface area contributed by atoms with Gasteiger partial charge in [0.15, 0.2) is 0 Å². The van der Waals surface area contributed by atoms with E-state index in [1.165, 1.54) is 6.07 Å². The van der Waals surface area contributed by atoms with Crippen LogP contribution >= 0.6 is 11.6 Å². The monoisotopic (exact) mass is 414 g/mol. The van der Waals surface area contributed by atoms with E-state index in [-0.39, 0.29) is 17.7 Å². The number of para-hydroxylation sites is 1. The number of ether oxygens (including phenoxy) is 1. The Morgan fingerprint density at radius 2 is 1.97 bits per heavy atom. The van der Waals surface area contributed by atoms with Crippen LogP contribution in [0.1, 0.15) is 47.3 Å². The number of aromatic nitrogens is 1. The lowest BCUT2D eigenvalue weighted by molar-refractivity contribution is 0.0517. The molecule has 0 spiro atoms. The Morgan fingerprint density at radius 1 is 1.21 bits per heavy atom. The summed E-state index contributed by atoms with van der Waals surface area (Å²) in [6, 6.07) is 12.8. The van der Waals surface area contributed by atoms with Crippen LogP contribution in [0.2, 0.25) is 5.02 Å². The fourth-order valence-electron chi connectivity index (χ4n) is 4.25. The summed E-state index contributed by atoms with van der Waals surface area (Å²) in [5.74, 6) is -0.434. The molecule has 1 saturated heterocycles. The van der Waals surface area contributed by atoms with Crippen LogP contribution in [0.3, 0.4) is 0 Å². The van der Waals surface area contributed by atoms with Gasteiger partial charge in [0.1, 0.15) is 11.5 Å². The maximum Gasteiger partial charge on any atom is 0.355 e. The van der Waals surface area contributed by atoms with Gasteiger partial charge in [0.25, 0.3) is 0 Å². The number of nitrogens with one attached hydrogen (secondary N) is 1. The van der Waals surface area contributed by atoms with Crippen LogP contribution in [0.15, 0.2) is 42.5 Å². The van der Waals surface area contributed by atoms with E-state index in [1.54, 1.807) is 19.1 Å². The van der Waals surface area contributed by atoms with Crippen molar-refractivity contribution in [2.45, 2.75) is 32.2 Å². The first-order valence-corrected chi connectivity index (χ1v) is 10.4. The van der Waals surface area contributed by atoms with Crippen molar-refractivity contribution in [3.63, 3.8) is 0 Å². The Hall–Kier alpha value is -2.37. The van der Waals surface area contributed by atoms with E-state index in [9.17, 15) is 9.18 Å². The predicted octanol–water partition coefficient (Wildman–Crippen LogP) is 5.52. The van der Waals surface area contributed by atoms with Crippen LogP contribution in [0.25, 0.3) is 10.9 Å². The van der Waals surface area contributed by atoms with Gasteiger partial charge in [0.2, 0.25) is 0 Å². The van der Waals surface area contributed by atoms with Crippen molar-refractivity contribution in [2.75, 3.05) is 19.7 Å². The third-order valence-electron chi connectivity index (χ3n) is 5.67. The molecule has 0 radical (unpaired) electrons. The van der Waals surface area contributed by atoms with Crippen molar-refractivity contribution in [2.24, 2.45) is 0 Å². The van der Waals surface area contributed by atoms with E-state index >= 15 is 0 Å². The molecule has 0 amide bonds. The lowest BCUT2D eigenvalue weighted by atomic mass is 9.88. The van der Waals surface area contributed by atoms with Crippen molar-refractivity contribution >= 4 is 28.5 Å². The van der Waals surface area contributed by atoms with Crippen LogP contribution in [0.4, 0.5) is 4.39 Å². The van der Waals surface area contributed by atoms with Crippen LogP contribution in [-0.2, 0) is 11.3 Å². The van der Waals surface area contributed by atoms with Crippen molar-refractivity contribution < 1.29 is 13.9 Å². The van der Waals surface area contributed by atoms with Gasteiger partial charge in [-0.05, 0) is 57.0 Å². The Labute approximate surface area is 174 Å². The molecular formula is C23H24ClFN2O2. The van der Waals surface area contributed by atoms with Crippen molar-refractivity contribution in [3.05, 3.63) is 70.1 Å². The summed E-state index contributed by atoms with van der Waals surface area (Å²) >= 11 is 6.26. The summed E-state index contributed by atoms with van der Waals surface area (Å²) in [6.07, 6.45) is 1.66. The third-order valence-corrected chi connectivity index (χ3v) is 6.00. The van der Waals surface area contributed by atoms with Gasteiger partial charge >= 0.3 is 5.97 Å². The first kappa shape index (κ1) is 19.9. The Kier molecular flexibility index (Phi) is 5.88. The summed E-state index contributed by atoms with van der Waals surface area (Å²) in [5, 5.41) is 1.54. The Morgan fingerprint density at radius 3 is 2.69 bits per heavy atom. The van der Waals surface area contributed by atoms with Gasteiger partial charge in [0, 0.05) is 33.6 Å². The van der Waals surface area contributed by atoms with Crippen molar-refractivity contribution in [3.8, 4) is 0 Å². The number of H-pyrrole nitrogens is 1. The van der Waals surface area contributed by atoms with E-state index in [0.717, 1.165) is 42.4 Å². The summed E-state index contributed by atoms with van der Waals surface area (Å²) in [5.41, 5.74) is 3.04. The second-order valence-corrected chi connectivity index (χ2v) is 7.84. The average Bonchev–Trinajstić information content (AvgIpc) is 3.08.